The van der Waals surface area contributed by atoms with Crippen molar-refractivity contribution in [2.45, 2.75) is 90.9 Å². The van der Waals surface area contributed by atoms with E-state index >= 15 is 0 Å². The molecule has 0 spiro atoms. The quantitative estimate of drug-likeness (QED) is 0.0799. The Morgan fingerprint density at radius 1 is 0.733 bits per heavy atom. The monoisotopic (exact) mass is 608 g/mol. The first-order valence-corrected chi connectivity index (χ1v) is 16.6. The van der Waals surface area contributed by atoms with Crippen LogP contribution in [0.2, 0.25) is 0 Å². The zero-order valence-electron chi connectivity index (χ0n) is 26.5. The van der Waals surface area contributed by atoms with Gasteiger partial charge in [-0.1, -0.05) is 69.7 Å². The second kappa shape index (κ2) is 16.2. The lowest BCUT2D eigenvalue weighted by molar-refractivity contribution is -0.140. The van der Waals surface area contributed by atoms with Crippen molar-refractivity contribution >= 4 is 11.9 Å². The van der Waals surface area contributed by atoms with Gasteiger partial charge in [0.15, 0.2) is 0 Å². The zero-order valence-corrected chi connectivity index (χ0v) is 26.5. The van der Waals surface area contributed by atoms with Gasteiger partial charge in [0.1, 0.15) is 11.5 Å². The minimum atomic E-state index is -0.399. The minimum absolute atomic E-state index is 0.0197. The van der Waals surface area contributed by atoms with Crippen LogP contribution < -0.4 is 9.47 Å². The number of aromatic nitrogens is 2. The van der Waals surface area contributed by atoms with Crippen molar-refractivity contribution in [1.29, 1.82) is 0 Å². The van der Waals surface area contributed by atoms with E-state index in [2.05, 4.69) is 24.0 Å². The van der Waals surface area contributed by atoms with Crippen LogP contribution in [0.1, 0.15) is 100 Å². The lowest BCUT2D eigenvalue weighted by atomic mass is 9.80. The van der Waals surface area contributed by atoms with Gasteiger partial charge in [-0.2, -0.15) is 4.98 Å². The molecule has 5 rings (SSSR count). The highest BCUT2D eigenvalue weighted by Gasteiger charge is 2.27. The first-order chi connectivity index (χ1) is 22.0. The molecule has 1 heterocycles. The molecule has 0 unspecified atom stereocenters. The van der Waals surface area contributed by atoms with Gasteiger partial charge >= 0.3 is 11.9 Å². The lowest BCUT2D eigenvalue weighted by Gasteiger charge is -2.27. The Bertz CT molecular complexity index is 1500. The zero-order chi connectivity index (χ0) is 31.4. The van der Waals surface area contributed by atoms with Crippen LogP contribution in [0.25, 0.3) is 22.8 Å². The summed E-state index contributed by atoms with van der Waals surface area (Å²) in [6.45, 7) is 4.43. The largest absolute Gasteiger partial charge is 0.426 e. The maximum atomic E-state index is 12.7. The van der Waals surface area contributed by atoms with E-state index in [0.29, 0.717) is 34.3 Å². The Kier molecular flexibility index (Phi) is 11.5. The van der Waals surface area contributed by atoms with E-state index in [-0.39, 0.29) is 11.9 Å². The summed E-state index contributed by atoms with van der Waals surface area (Å²) in [6.07, 6.45) is 13.7. The minimum Gasteiger partial charge on any atom is -0.426 e. The van der Waals surface area contributed by atoms with Gasteiger partial charge in [-0.25, -0.2) is 4.79 Å². The van der Waals surface area contributed by atoms with E-state index in [9.17, 15) is 9.59 Å². The second-order valence-corrected chi connectivity index (χ2v) is 12.1. The first kappa shape index (κ1) is 32.1. The highest BCUT2D eigenvalue weighted by molar-refractivity contribution is 5.91. The van der Waals surface area contributed by atoms with Crippen LogP contribution in [0.4, 0.5) is 0 Å². The highest BCUT2D eigenvalue weighted by atomic mass is 16.5. The number of ether oxygens (including phenoxy) is 2. The van der Waals surface area contributed by atoms with Crippen molar-refractivity contribution in [1.82, 2.24) is 10.1 Å². The fourth-order valence-corrected chi connectivity index (χ4v) is 5.90. The summed E-state index contributed by atoms with van der Waals surface area (Å²) in [4.78, 5) is 29.9. The maximum Gasteiger partial charge on any atom is 0.343 e. The molecule has 0 radical (unpaired) electrons. The molecule has 0 amide bonds. The molecule has 7 heteroatoms. The third-order valence-electron chi connectivity index (χ3n) is 8.72. The summed E-state index contributed by atoms with van der Waals surface area (Å²) in [7, 11) is 0. The molecule has 1 aliphatic rings. The van der Waals surface area contributed by atoms with Crippen LogP contribution in [0.3, 0.4) is 0 Å². The molecule has 0 aliphatic heterocycles. The number of esters is 2. The van der Waals surface area contributed by atoms with E-state index in [4.69, 9.17) is 14.0 Å². The van der Waals surface area contributed by atoms with Gasteiger partial charge in [0.25, 0.3) is 5.89 Å². The standard InChI is InChI=1S/C38H44N2O5/c1-3-5-7-8-10-28-13-17-32(18-14-28)38(42)44-34-25-21-30(22-26-34)36-39-35(40-45-36)29-19-23-33(24-20-29)43-37(41)31-15-11-27(12-16-31)9-6-4-2/h13-14,17-27,31H,3-12,15-16H2,1-2H3. The van der Waals surface area contributed by atoms with Crippen molar-refractivity contribution in [3.63, 3.8) is 0 Å². The molecule has 4 aromatic rings. The number of nitrogens with zero attached hydrogens (tertiary/aromatic N) is 2. The summed E-state index contributed by atoms with van der Waals surface area (Å²) in [6, 6.07) is 21.8. The van der Waals surface area contributed by atoms with Crippen LogP contribution >= 0.6 is 0 Å². The summed E-state index contributed by atoms with van der Waals surface area (Å²) in [5.41, 5.74) is 3.20. The Morgan fingerprint density at radius 3 is 2.04 bits per heavy atom. The van der Waals surface area contributed by atoms with Crippen molar-refractivity contribution in [2.24, 2.45) is 11.8 Å². The Morgan fingerprint density at radius 2 is 1.38 bits per heavy atom. The Hall–Kier alpha value is -4.26. The number of carbonyl (C=O) groups excluding carboxylic acids is 2. The number of hydrogen-bond donors (Lipinski definition) is 0. The third kappa shape index (κ3) is 9.13. The average molecular weight is 609 g/mol. The molecule has 1 fully saturated rings. The van der Waals surface area contributed by atoms with Gasteiger partial charge in [0.05, 0.1) is 11.5 Å². The second-order valence-electron chi connectivity index (χ2n) is 12.1. The number of hydrogen-bond acceptors (Lipinski definition) is 7. The van der Waals surface area contributed by atoms with Gasteiger partial charge in [0.2, 0.25) is 5.82 Å². The van der Waals surface area contributed by atoms with Crippen molar-refractivity contribution in [3.05, 3.63) is 83.9 Å². The molecule has 236 valence electrons. The first-order valence-electron chi connectivity index (χ1n) is 16.6. The van der Waals surface area contributed by atoms with Crippen LogP contribution in [0.5, 0.6) is 11.5 Å². The van der Waals surface area contributed by atoms with Gasteiger partial charge in [-0.05, 0) is 111 Å². The summed E-state index contributed by atoms with van der Waals surface area (Å²) in [5, 5.41) is 4.12. The molecule has 0 bridgehead atoms. The SMILES string of the molecule is CCCCCCc1ccc(C(=O)Oc2ccc(-c3nc(-c4ccc(OC(=O)C5CCC(CCCC)CC5)cc4)no3)cc2)cc1. The van der Waals surface area contributed by atoms with Gasteiger partial charge in [0, 0.05) is 11.1 Å². The van der Waals surface area contributed by atoms with Crippen LogP contribution in [0.15, 0.2) is 77.3 Å². The molecule has 3 aromatic carbocycles. The smallest absolute Gasteiger partial charge is 0.343 e. The number of unbranched alkanes of at least 4 members (excludes halogenated alkanes) is 4. The van der Waals surface area contributed by atoms with E-state index in [0.717, 1.165) is 50.0 Å². The van der Waals surface area contributed by atoms with Crippen LogP contribution in [-0.4, -0.2) is 22.1 Å². The molecule has 0 N–H and O–H groups in total. The molecule has 0 saturated heterocycles. The lowest BCUT2D eigenvalue weighted by Crippen LogP contribution is -2.25. The summed E-state index contributed by atoms with van der Waals surface area (Å²) < 4.78 is 16.8. The molecule has 0 atom stereocenters. The number of rotatable bonds is 14. The number of carbonyl (C=O) groups is 2. The Labute approximate surface area is 266 Å². The summed E-state index contributed by atoms with van der Waals surface area (Å²) >= 11 is 0. The molecular weight excluding hydrogens is 564 g/mol. The van der Waals surface area contributed by atoms with Crippen molar-refractivity contribution < 1.29 is 23.6 Å². The molecule has 1 aromatic heterocycles. The fraction of sp³-hybridized carbons (Fsp3) is 0.421. The third-order valence-corrected chi connectivity index (χ3v) is 8.72. The van der Waals surface area contributed by atoms with E-state index < -0.39 is 5.97 Å². The van der Waals surface area contributed by atoms with Gasteiger partial charge in [-0.15, -0.1) is 0 Å². The molecule has 1 saturated carbocycles. The predicted octanol–water partition coefficient (Wildman–Crippen LogP) is 9.65. The van der Waals surface area contributed by atoms with Gasteiger partial charge in [-0.3, -0.25) is 4.79 Å². The molecule has 45 heavy (non-hydrogen) atoms. The van der Waals surface area contributed by atoms with Crippen LogP contribution in [-0.2, 0) is 11.2 Å². The van der Waals surface area contributed by atoms with Crippen LogP contribution in [0, 0.1) is 11.8 Å². The topological polar surface area (TPSA) is 91.5 Å². The van der Waals surface area contributed by atoms with E-state index in [1.165, 1.54) is 44.1 Å². The average Bonchev–Trinajstić information content (AvgIpc) is 3.57. The number of aryl methyl sites for hydroxylation is 1. The number of benzene rings is 3. The van der Waals surface area contributed by atoms with E-state index in [1.807, 2.05) is 36.4 Å². The normalized spacial score (nSPS) is 16.3. The molecule has 7 nitrogen and oxygen atoms in total. The van der Waals surface area contributed by atoms with Crippen molar-refractivity contribution in [2.75, 3.05) is 0 Å². The Balaban J connectivity index is 1.11. The van der Waals surface area contributed by atoms with Gasteiger partial charge < -0.3 is 14.0 Å². The fourth-order valence-electron chi connectivity index (χ4n) is 5.90. The maximum absolute atomic E-state index is 12.7. The predicted molar refractivity (Wildman–Crippen MR) is 175 cm³/mol. The van der Waals surface area contributed by atoms with Crippen molar-refractivity contribution in [3.8, 4) is 34.3 Å². The molecular formula is C38H44N2O5. The van der Waals surface area contributed by atoms with E-state index in [1.54, 1.807) is 36.4 Å². The highest BCUT2D eigenvalue weighted by Crippen LogP contribution is 2.33. The molecule has 1 aliphatic carbocycles. The summed E-state index contributed by atoms with van der Waals surface area (Å²) in [5.74, 6) is 1.92.